The summed E-state index contributed by atoms with van der Waals surface area (Å²) in [6.07, 6.45) is 3.91. The summed E-state index contributed by atoms with van der Waals surface area (Å²) in [6.45, 7) is 5.36. The van der Waals surface area contributed by atoms with Crippen LogP contribution in [0.25, 0.3) is 0 Å². The molecule has 2 aliphatic heterocycles. The molecule has 8 heteroatoms. The van der Waals surface area contributed by atoms with Crippen LogP contribution in [0.3, 0.4) is 0 Å². The van der Waals surface area contributed by atoms with Gasteiger partial charge in [0.2, 0.25) is 11.8 Å². The number of amides is 5. The zero-order valence-electron chi connectivity index (χ0n) is 18.2. The summed E-state index contributed by atoms with van der Waals surface area (Å²) in [5.41, 5.74) is 0.697. The molecule has 4 rings (SSSR count). The van der Waals surface area contributed by atoms with Crippen LogP contribution in [0.1, 0.15) is 44.2 Å². The molecule has 0 spiro atoms. The van der Waals surface area contributed by atoms with Crippen molar-refractivity contribution in [1.29, 1.82) is 0 Å². The molecular weight excluding hydrogens is 396 g/mol. The Morgan fingerprint density at radius 2 is 1.65 bits per heavy atom. The Morgan fingerprint density at radius 1 is 1.03 bits per heavy atom. The summed E-state index contributed by atoms with van der Waals surface area (Å²) in [7, 11) is 0. The van der Waals surface area contributed by atoms with E-state index in [2.05, 4.69) is 12.2 Å². The van der Waals surface area contributed by atoms with Gasteiger partial charge in [-0.15, -0.1) is 0 Å². The first kappa shape index (κ1) is 21.3. The fourth-order valence-electron chi connectivity index (χ4n) is 4.33. The van der Waals surface area contributed by atoms with Crippen LogP contribution in [-0.2, 0) is 26.3 Å². The third-order valence-corrected chi connectivity index (χ3v) is 6.51. The molecule has 2 saturated heterocycles. The summed E-state index contributed by atoms with van der Waals surface area (Å²) in [5.74, 6) is -0.343. The number of nitrogens with one attached hydrogen (secondary N) is 1. The van der Waals surface area contributed by atoms with Gasteiger partial charge in [-0.25, -0.2) is 4.79 Å². The summed E-state index contributed by atoms with van der Waals surface area (Å²) in [5, 5.41) is 2.76. The third kappa shape index (κ3) is 4.16. The molecule has 0 aromatic heterocycles. The number of nitrogens with zero attached hydrogens (tertiary/aromatic N) is 3. The van der Waals surface area contributed by atoms with Gasteiger partial charge in [0.15, 0.2) is 0 Å². The fraction of sp³-hybridized carbons (Fsp3) is 0.565. The highest BCUT2D eigenvalue weighted by molar-refractivity contribution is 6.09. The molecule has 1 aromatic carbocycles. The van der Waals surface area contributed by atoms with Gasteiger partial charge in [-0.3, -0.25) is 19.3 Å². The van der Waals surface area contributed by atoms with Gasteiger partial charge in [0.05, 0.1) is 0 Å². The minimum absolute atomic E-state index is 0.168. The second-order valence-electron chi connectivity index (χ2n) is 8.87. The first-order valence-electron chi connectivity index (χ1n) is 11.1. The second-order valence-corrected chi connectivity index (χ2v) is 8.87. The number of carbonyl (C=O) groups excluding carboxylic acids is 4. The van der Waals surface area contributed by atoms with Gasteiger partial charge in [0.25, 0.3) is 5.91 Å². The summed E-state index contributed by atoms with van der Waals surface area (Å²) in [4.78, 5) is 55.1. The van der Waals surface area contributed by atoms with Crippen molar-refractivity contribution < 1.29 is 19.2 Å². The van der Waals surface area contributed by atoms with Crippen molar-refractivity contribution in [2.45, 2.75) is 45.1 Å². The van der Waals surface area contributed by atoms with Gasteiger partial charge in [-0.1, -0.05) is 37.6 Å². The quantitative estimate of drug-likeness (QED) is 0.698. The number of urea groups is 1. The number of imide groups is 1. The minimum Gasteiger partial charge on any atom is -0.339 e. The minimum atomic E-state index is -1.18. The Morgan fingerprint density at radius 3 is 2.23 bits per heavy atom. The number of benzene rings is 1. The van der Waals surface area contributed by atoms with Crippen molar-refractivity contribution in [3.8, 4) is 0 Å². The molecule has 0 bridgehead atoms. The van der Waals surface area contributed by atoms with Crippen LogP contribution >= 0.6 is 0 Å². The van der Waals surface area contributed by atoms with Gasteiger partial charge in [0, 0.05) is 32.1 Å². The van der Waals surface area contributed by atoms with Crippen LogP contribution in [-0.4, -0.2) is 71.2 Å². The molecule has 2 heterocycles. The molecular formula is C23H30N4O4. The van der Waals surface area contributed by atoms with Gasteiger partial charge in [0.1, 0.15) is 12.1 Å². The summed E-state index contributed by atoms with van der Waals surface area (Å²) >= 11 is 0. The predicted octanol–water partition coefficient (Wildman–Crippen LogP) is 1.49. The predicted molar refractivity (Wildman–Crippen MR) is 114 cm³/mol. The third-order valence-electron chi connectivity index (χ3n) is 6.51. The smallest absolute Gasteiger partial charge is 0.325 e. The number of piperazine rings is 1. The first-order chi connectivity index (χ1) is 14.8. The molecule has 1 aromatic rings. The van der Waals surface area contributed by atoms with Crippen LogP contribution in [0.2, 0.25) is 0 Å². The lowest BCUT2D eigenvalue weighted by atomic mass is 9.91. The fourth-order valence-corrected chi connectivity index (χ4v) is 4.33. The average Bonchev–Trinajstić information content (AvgIpc) is 3.59. The van der Waals surface area contributed by atoms with E-state index in [-0.39, 0.29) is 24.3 Å². The highest BCUT2D eigenvalue weighted by atomic mass is 16.2. The Hall–Kier alpha value is -2.90. The highest BCUT2D eigenvalue weighted by Gasteiger charge is 2.49. The van der Waals surface area contributed by atoms with Gasteiger partial charge >= 0.3 is 6.03 Å². The molecule has 31 heavy (non-hydrogen) atoms. The number of hydrogen-bond acceptors (Lipinski definition) is 4. The van der Waals surface area contributed by atoms with Crippen LogP contribution in [0.4, 0.5) is 4.79 Å². The lowest BCUT2D eigenvalue weighted by molar-refractivity contribution is -0.142. The van der Waals surface area contributed by atoms with Crippen molar-refractivity contribution in [1.82, 2.24) is 20.0 Å². The van der Waals surface area contributed by atoms with Crippen molar-refractivity contribution >= 4 is 23.8 Å². The molecule has 1 saturated carbocycles. The Labute approximate surface area is 182 Å². The van der Waals surface area contributed by atoms with Gasteiger partial charge < -0.3 is 15.1 Å². The second kappa shape index (κ2) is 8.32. The SMILES string of the molecule is CCCc1ccc(C2(C)NC(=O)N(CC(=O)N3CCN(C(=O)C4CC4)CC3)C2=O)cc1. The first-order valence-corrected chi connectivity index (χ1v) is 11.1. The summed E-state index contributed by atoms with van der Waals surface area (Å²) < 4.78 is 0. The van der Waals surface area contributed by atoms with Crippen molar-refractivity contribution in [3.05, 3.63) is 35.4 Å². The zero-order valence-corrected chi connectivity index (χ0v) is 18.2. The van der Waals surface area contributed by atoms with Crippen LogP contribution in [0.15, 0.2) is 24.3 Å². The van der Waals surface area contributed by atoms with Crippen LogP contribution in [0.5, 0.6) is 0 Å². The van der Waals surface area contributed by atoms with Crippen molar-refractivity contribution in [2.24, 2.45) is 5.92 Å². The number of hydrogen-bond donors (Lipinski definition) is 1. The molecule has 5 amide bonds. The Kier molecular flexibility index (Phi) is 5.73. The normalized spacial score (nSPS) is 23.9. The number of carbonyl (C=O) groups is 4. The maximum absolute atomic E-state index is 13.1. The molecule has 1 aliphatic carbocycles. The molecule has 1 unspecified atom stereocenters. The lowest BCUT2D eigenvalue weighted by Gasteiger charge is -2.35. The van der Waals surface area contributed by atoms with E-state index >= 15 is 0 Å². The van der Waals surface area contributed by atoms with E-state index in [4.69, 9.17) is 0 Å². The van der Waals surface area contributed by atoms with E-state index in [9.17, 15) is 19.2 Å². The Balaban J connectivity index is 1.37. The van der Waals surface area contributed by atoms with E-state index in [0.29, 0.717) is 31.7 Å². The van der Waals surface area contributed by atoms with E-state index in [1.807, 2.05) is 29.2 Å². The van der Waals surface area contributed by atoms with E-state index in [1.165, 1.54) is 5.56 Å². The maximum Gasteiger partial charge on any atom is 0.325 e. The van der Waals surface area contributed by atoms with Crippen molar-refractivity contribution in [2.75, 3.05) is 32.7 Å². The summed E-state index contributed by atoms with van der Waals surface area (Å²) in [6, 6.07) is 7.12. The molecule has 1 atom stereocenters. The molecule has 3 aliphatic rings. The molecule has 8 nitrogen and oxygen atoms in total. The standard InChI is InChI=1S/C23H30N4O4/c1-3-4-16-5-9-18(10-6-16)23(2)21(30)27(22(31)24-23)15-19(28)25-11-13-26(14-12-25)20(29)17-7-8-17/h5-6,9-10,17H,3-4,7-8,11-15H2,1-2H3,(H,24,31). The van der Waals surface area contributed by atoms with Crippen LogP contribution in [0, 0.1) is 5.92 Å². The highest BCUT2D eigenvalue weighted by Crippen LogP contribution is 2.31. The van der Waals surface area contributed by atoms with Gasteiger partial charge in [-0.2, -0.15) is 0 Å². The molecule has 166 valence electrons. The molecule has 0 radical (unpaired) electrons. The lowest BCUT2D eigenvalue weighted by Crippen LogP contribution is -2.53. The zero-order chi connectivity index (χ0) is 22.2. The van der Waals surface area contributed by atoms with E-state index in [0.717, 1.165) is 30.6 Å². The monoisotopic (exact) mass is 426 g/mol. The van der Waals surface area contributed by atoms with Gasteiger partial charge in [-0.05, 0) is 37.3 Å². The topological polar surface area (TPSA) is 90.0 Å². The Bertz CT molecular complexity index is 887. The van der Waals surface area contributed by atoms with E-state index in [1.54, 1.807) is 11.8 Å². The average molecular weight is 427 g/mol. The largest absolute Gasteiger partial charge is 0.339 e. The molecule has 1 N–H and O–H groups in total. The maximum atomic E-state index is 13.1. The molecule has 3 fully saturated rings. The van der Waals surface area contributed by atoms with E-state index < -0.39 is 17.5 Å². The van der Waals surface area contributed by atoms with Crippen molar-refractivity contribution in [3.63, 3.8) is 0 Å². The van der Waals surface area contributed by atoms with Crippen LogP contribution < -0.4 is 5.32 Å². The number of rotatable bonds is 6. The number of aryl methyl sites for hydroxylation is 1.